The van der Waals surface area contributed by atoms with Gasteiger partial charge in [0.2, 0.25) is 0 Å². The fourth-order valence-electron chi connectivity index (χ4n) is 2.62. The zero-order valence-corrected chi connectivity index (χ0v) is 12.8. The Labute approximate surface area is 121 Å². The Balaban J connectivity index is 2.30. The summed E-state index contributed by atoms with van der Waals surface area (Å²) in [7, 11) is -3.52. The van der Waals surface area contributed by atoms with Gasteiger partial charge in [0.15, 0.2) is 0 Å². The second kappa shape index (κ2) is 6.01. The van der Waals surface area contributed by atoms with E-state index < -0.39 is 10.2 Å². The lowest BCUT2D eigenvalue weighted by molar-refractivity contribution is 0.280. The molecule has 1 aliphatic rings. The van der Waals surface area contributed by atoms with Gasteiger partial charge in [0.05, 0.1) is 5.69 Å². The van der Waals surface area contributed by atoms with Crippen LogP contribution in [0.2, 0.25) is 0 Å². The molecule has 0 spiro atoms. The summed E-state index contributed by atoms with van der Waals surface area (Å²) in [5.74, 6) is 0.463. The topological polar surface area (TPSA) is 60.9 Å². The highest BCUT2D eigenvalue weighted by molar-refractivity contribution is 7.90. The highest BCUT2D eigenvalue weighted by Gasteiger charge is 2.32. The summed E-state index contributed by atoms with van der Waals surface area (Å²) in [5, 5.41) is 9.54. The number of rotatable bonds is 4. The third-order valence-electron chi connectivity index (χ3n) is 3.63. The fraction of sp³-hybridized carbons (Fsp3) is 0.571. The second-order valence-corrected chi connectivity index (χ2v) is 7.15. The predicted molar refractivity (Wildman–Crippen MR) is 80.0 cm³/mol. The molecule has 1 aromatic carbocycles. The number of hydrogen-bond acceptors (Lipinski definition) is 3. The Kier molecular flexibility index (Phi) is 4.55. The maximum atomic E-state index is 12.7. The van der Waals surface area contributed by atoms with Crippen LogP contribution in [-0.4, -0.2) is 37.5 Å². The third kappa shape index (κ3) is 3.07. The molecule has 1 atom stereocenters. The van der Waals surface area contributed by atoms with Crippen LogP contribution < -0.4 is 4.31 Å². The molecule has 0 aromatic heterocycles. The maximum Gasteiger partial charge on any atom is 0.304 e. The number of anilines is 1. The average molecular weight is 298 g/mol. The van der Waals surface area contributed by atoms with E-state index in [1.165, 1.54) is 16.4 Å². The van der Waals surface area contributed by atoms with Crippen molar-refractivity contribution in [3.8, 4) is 5.75 Å². The molecular weight excluding hydrogens is 276 g/mol. The summed E-state index contributed by atoms with van der Waals surface area (Å²) >= 11 is 0. The first kappa shape index (κ1) is 15.1. The van der Waals surface area contributed by atoms with E-state index in [0.717, 1.165) is 12.8 Å². The molecule has 1 unspecified atom stereocenters. The molecular formula is C14H22N2O3S. The van der Waals surface area contributed by atoms with E-state index in [4.69, 9.17) is 0 Å². The molecule has 1 saturated heterocycles. The summed E-state index contributed by atoms with van der Waals surface area (Å²) in [6.07, 6.45) is 1.97. The van der Waals surface area contributed by atoms with Gasteiger partial charge in [-0.15, -0.1) is 0 Å². The summed E-state index contributed by atoms with van der Waals surface area (Å²) in [6, 6.07) is 6.37. The summed E-state index contributed by atoms with van der Waals surface area (Å²) in [4.78, 5) is 0. The van der Waals surface area contributed by atoms with Crippen LogP contribution in [0.15, 0.2) is 24.3 Å². The molecule has 0 saturated carbocycles. The number of hydrogen-bond donors (Lipinski definition) is 1. The number of nitrogens with zero attached hydrogens (tertiary/aromatic N) is 2. The fourth-order valence-corrected chi connectivity index (χ4v) is 4.41. The van der Waals surface area contributed by atoms with Gasteiger partial charge in [-0.1, -0.05) is 13.0 Å². The first-order chi connectivity index (χ1) is 9.45. The predicted octanol–water partition coefficient (Wildman–Crippen LogP) is 2.20. The van der Waals surface area contributed by atoms with Crippen LogP contribution in [0.4, 0.5) is 5.69 Å². The minimum absolute atomic E-state index is 0.0724. The molecule has 1 N–H and O–H groups in total. The molecule has 0 amide bonds. The van der Waals surface area contributed by atoms with Crippen molar-refractivity contribution in [2.75, 3.05) is 23.9 Å². The Bertz CT molecular complexity index is 559. The standard InChI is InChI=1S/C14H22N2O3S/c1-3-16(13-7-4-8-14(17)10-13)20(18,19)15-9-5-6-12(2)11-15/h4,7-8,10,12,17H,3,5-6,9,11H2,1-2H3. The van der Waals surface area contributed by atoms with Gasteiger partial charge in [0, 0.05) is 25.7 Å². The van der Waals surface area contributed by atoms with Gasteiger partial charge in [-0.2, -0.15) is 12.7 Å². The molecule has 1 aromatic rings. The molecule has 2 rings (SSSR count). The van der Waals surface area contributed by atoms with Crippen molar-refractivity contribution < 1.29 is 13.5 Å². The summed E-state index contributed by atoms with van der Waals surface area (Å²) < 4.78 is 28.4. The van der Waals surface area contributed by atoms with Gasteiger partial charge in [-0.05, 0) is 37.8 Å². The zero-order valence-electron chi connectivity index (χ0n) is 12.0. The molecule has 20 heavy (non-hydrogen) atoms. The molecule has 5 nitrogen and oxygen atoms in total. The van der Waals surface area contributed by atoms with Crippen LogP contribution in [0.3, 0.4) is 0 Å². The Morgan fingerprint density at radius 1 is 1.45 bits per heavy atom. The number of phenols is 1. The zero-order chi connectivity index (χ0) is 14.8. The van der Waals surface area contributed by atoms with E-state index in [1.54, 1.807) is 23.4 Å². The monoisotopic (exact) mass is 298 g/mol. The quantitative estimate of drug-likeness (QED) is 0.927. The van der Waals surface area contributed by atoms with Gasteiger partial charge in [0.1, 0.15) is 5.75 Å². The van der Waals surface area contributed by atoms with Crippen molar-refractivity contribution in [1.29, 1.82) is 0 Å². The van der Waals surface area contributed by atoms with Crippen molar-refractivity contribution in [2.45, 2.75) is 26.7 Å². The van der Waals surface area contributed by atoms with Crippen molar-refractivity contribution in [3.05, 3.63) is 24.3 Å². The molecule has 112 valence electrons. The van der Waals surface area contributed by atoms with Crippen molar-refractivity contribution in [3.63, 3.8) is 0 Å². The van der Waals surface area contributed by atoms with Crippen molar-refractivity contribution in [1.82, 2.24) is 4.31 Å². The molecule has 0 radical (unpaired) electrons. The minimum atomic E-state index is -3.52. The molecule has 1 aliphatic heterocycles. The summed E-state index contributed by atoms with van der Waals surface area (Å²) in [6.45, 7) is 5.36. The normalized spacial score (nSPS) is 20.8. The summed E-state index contributed by atoms with van der Waals surface area (Å²) in [5.41, 5.74) is 0.505. The molecule has 6 heteroatoms. The van der Waals surface area contributed by atoms with Crippen LogP contribution in [-0.2, 0) is 10.2 Å². The SMILES string of the molecule is CCN(c1cccc(O)c1)S(=O)(=O)N1CCCC(C)C1. The van der Waals surface area contributed by atoms with Crippen LogP contribution in [0.25, 0.3) is 0 Å². The molecule has 1 fully saturated rings. The maximum absolute atomic E-state index is 12.7. The van der Waals surface area contributed by atoms with Gasteiger partial charge in [0.25, 0.3) is 0 Å². The lowest BCUT2D eigenvalue weighted by atomic mass is 10.0. The van der Waals surface area contributed by atoms with Gasteiger partial charge in [-0.3, -0.25) is 4.31 Å². The smallest absolute Gasteiger partial charge is 0.304 e. The lowest BCUT2D eigenvalue weighted by Crippen LogP contribution is -2.47. The minimum Gasteiger partial charge on any atom is -0.508 e. The number of benzene rings is 1. The van der Waals surface area contributed by atoms with Crippen LogP contribution in [0.1, 0.15) is 26.7 Å². The molecule has 0 bridgehead atoms. The third-order valence-corrected chi connectivity index (χ3v) is 5.64. The van der Waals surface area contributed by atoms with Gasteiger partial charge in [-0.25, -0.2) is 0 Å². The van der Waals surface area contributed by atoms with Crippen LogP contribution in [0.5, 0.6) is 5.75 Å². The molecule has 1 heterocycles. The van der Waals surface area contributed by atoms with Crippen molar-refractivity contribution in [2.24, 2.45) is 5.92 Å². The highest BCUT2D eigenvalue weighted by Crippen LogP contribution is 2.26. The Morgan fingerprint density at radius 2 is 2.20 bits per heavy atom. The molecule has 0 aliphatic carbocycles. The highest BCUT2D eigenvalue weighted by atomic mass is 32.2. The van der Waals surface area contributed by atoms with E-state index in [9.17, 15) is 13.5 Å². The average Bonchev–Trinajstić information content (AvgIpc) is 2.39. The number of phenolic OH excluding ortho intramolecular Hbond substituents is 1. The van der Waals surface area contributed by atoms with Gasteiger partial charge < -0.3 is 5.11 Å². The largest absolute Gasteiger partial charge is 0.508 e. The van der Waals surface area contributed by atoms with E-state index in [2.05, 4.69) is 6.92 Å². The van der Waals surface area contributed by atoms with Crippen LogP contribution in [0, 0.1) is 5.92 Å². The van der Waals surface area contributed by atoms with Gasteiger partial charge >= 0.3 is 10.2 Å². The number of piperidine rings is 1. The number of aromatic hydroxyl groups is 1. The Morgan fingerprint density at radius 3 is 2.80 bits per heavy atom. The van der Waals surface area contributed by atoms with Crippen molar-refractivity contribution >= 4 is 15.9 Å². The Hall–Kier alpha value is -1.27. The van der Waals surface area contributed by atoms with Crippen LogP contribution >= 0.6 is 0 Å². The lowest BCUT2D eigenvalue weighted by Gasteiger charge is -2.35. The second-order valence-electron chi connectivity index (χ2n) is 5.30. The first-order valence-corrected chi connectivity index (χ1v) is 8.41. The van der Waals surface area contributed by atoms with E-state index in [0.29, 0.717) is 31.2 Å². The first-order valence-electron chi connectivity index (χ1n) is 7.02. The van der Waals surface area contributed by atoms with E-state index in [1.807, 2.05) is 0 Å². The van der Waals surface area contributed by atoms with E-state index >= 15 is 0 Å². The van der Waals surface area contributed by atoms with E-state index in [-0.39, 0.29) is 5.75 Å².